The minimum atomic E-state index is -0.183. The van der Waals surface area contributed by atoms with Crippen LogP contribution in [-0.2, 0) is 0 Å². The molecule has 4 nitrogen and oxygen atoms in total. The Morgan fingerprint density at radius 2 is 2.00 bits per heavy atom. The van der Waals surface area contributed by atoms with E-state index in [1.54, 1.807) is 56.6 Å². The van der Waals surface area contributed by atoms with Crippen LogP contribution >= 0.6 is 11.6 Å². The maximum Gasteiger partial charge on any atom is 0.258 e. The van der Waals surface area contributed by atoms with E-state index in [0.717, 1.165) is 0 Å². The van der Waals surface area contributed by atoms with Gasteiger partial charge in [0.15, 0.2) is 0 Å². The Morgan fingerprint density at radius 3 is 2.70 bits per heavy atom. The van der Waals surface area contributed by atoms with Crippen molar-refractivity contribution in [3.05, 3.63) is 53.1 Å². The van der Waals surface area contributed by atoms with Crippen LogP contribution in [0.2, 0.25) is 5.02 Å². The highest BCUT2D eigenvalue weighted by molar-refractivity contribution is 6.31. The molecule has 0 aromatic heterocycles. The van der Waals surface area contributed by atoms with Crippen molar-refractivity contribution >= 4 is 28.9 Å². The fraction of sp³-hybridized carbons (Fsp3) is 0.133. The van der Waals surface area contributed by atoms with Crippen LogP contribution in [0.5, 0.6) is 5.75 Å². The molecule has 0 unspecified atom stereocenters. The molecule has 0 aliphatic rings. The summed E-state index contributed by atoms with van der Waals surface area (Å²) < 4.78 is 5.12. The van der Waals surface area contributed by atoms with Crippen LogP contribution in [0.1, 0.15) is 10.4 Å². The number of methoxy groups -OCH3 is 1. The van der Waals surface area contributed by atoms with Crippen LogP contribution in [0.4, 0.5) is 11.4 Å². The molecule has 0 spiro atoms. The summed E-state index contributed by atoms with van der Waals surface area (Å²) in [7, 11) is 3.21. The van der Waals surface area contributed by atoms with Crippen LogP contribution in [0.15, 0.2) is 42.5 Å². The molecule has 20 heavy (non-hydrogen) atoms. The van der Waals surface area contributed by atoms with E-state index < -0.39 is 0 Å². The number of nitrogens with two attached hydrogens (primary N) is 1. The van der Waals surface area contributed by atoms with Gasteiger partial charge >= 0.3 is 0 Å². The number of nitrogen functional groups attached to an aromatic ring is 1. The number of amides is 1. The molecule has 0 saturated carbocycles. The van der Waals surface area contributed by atoms with E-state index in [1.807, 2.05) is 0 Å². The molecule has 2 aromatic carbocycles. The molecule has 0 fully saturated rings. The summed E-state index contributed by atoms with van der Waals surface area (Å²) in [6.45, 7) is 0. The molecule has 0 aliphatic heterocycles. The Bertz CT molecular complexity index is 644. The largest absolute Gasteiger partial charge is 0.497 e. The molecule has 0 bridgehead atoms. The number of nitrogens with zero attached hydrogens (tertiary/aromatic N) is 1. The quantitative estimate of drug-likeness (QED) is 0.883. The fourth-order valence-corrected chi connectivity index (χ4v) is 2.03. The molecule has 0 atom stereocenters. The molecule has 5 heteroatoms. The number of rotatable bonds is 3. The van der Waals surface area contributed by atoms with Gasteiger partial charge in [0.1, 0.15) is 5.75 Å². The van der Waals surface area contributed by atoms with Crippen LogP contribution in [0, 0.1) is 0 Å². The number of benzene rings is 2. The monoisotopic (exact) mass is 290 g/mol. The van der Waals surface area contributed by atoms with Crippen molar-refractivity contribution in [2.75, 3.05) is 24.8 Å². The normalized spacial score (nSPS) is 10.2. The number of hydrogen-bond acceptors (Lipinski definition) is 3. The summed E-state index contributed by atoms with van der Waals surface area (Å²) in [5.41, 5.74) is 7.47. The van der Waals surface area contributed by atoms with E-state index in [4.69, 9.17) is 22.1 Å². The third-order valence-electron chi connectivity index (χ3n) is 2.98. The molecule has 0 aliphatic carbocycles. The Hall–Kier alpha value is -2.20. The van der Waals surface area contributed by atoms with Gasteiger partial charge in [0.05, 0.1) is 18.5 Å². The molecular formula is C15H15ClN2O2. The molecule has 0 saturated heterocycles. The van der Waals surface area contributed by atoms with Gasteiger partial charge in [-0.1, -0.05) is 17.7 Å². The predicted octanol–water partition coefficient (Wildman–Crippen LogP) is 3.21. The van der Waals surface area contributed by atoms with Gasteiger partial charge in [0.25, 0.3) is 5.91 Å². The van der Waals surface area contributed by atoms with E-state index in [1.165, 1.54) is 4.90 Å². The first-order valence-corrected chi connectivity index (χ1v) is 6.38. The zero-order valence-electron chi connectivity index (χ0n) is 11.3. The summed E-state index contributed by atoms with van der Waals surface area (Å²) in [4.78, 5) is 13.9. The van der Waals surface area contributed by atoms with Crippen molar-refractivity contribution in [3.8, 4) is 5.75 Å². The van der Waals surface area contributed by atoms with Gasteiger partial charge in [-0.3, -0.25) is 4.79 Å². The lowest BCUT2D eigenvalue weighted by atomic mass is 10.1. The molecule has 104 valence electrons. The smallest absolute Gasteiger partial charge is 0.258 e. The molecule has 0 radical (unpaired) electrons. The second-order valence-corrected chi connectivity index (χ2v) is 4.74. The average Bonchev–Trinajstić information content (AvgIpc) is 2.48. The van der Waals surface area contributed by atoms with Crippen molar-refractivity contribution in [1.29, 1.82) is 0 Å². The van der Waals surface area contributed by atoms with Gasteiger partial charge < -0.3 is 15.4 Å². The molecule has 0 heterocycles. The van der Waals surface area contributed by atoms with Crippen LogP contribution in [0.25, 0.3) is 0 Å². The van der Waals surface area contributed by atoms with Gasteiger partial charge in [-0.2, -0.15) is 0 Å². The number of anilines is 2. The summed E-state index contributed by atoms with van der Waals surface area (Å²) in [6.07, 6.45) is 0. The Kier molecular flexibility index (Phi) is 4.15. The molecule has 2 N–H and O–H groups in total. The highest BCUT2D eigenvalue weighted by Crippen LogP contribution is 2.27. The number of carbonyl (C=O) groups is 1. The lowest BCUT2D eigenvalue weighted by molar-refractivity contribution is 0.0993. The van der Waals surface area contributed by atoms with Gasteiger partial charge in [-0.15, -0.1) is 0 Å². The standard InChI is InChI=1S/C15H15ClN2O2/c1-18(14-9-11(16)6-7-13(14)17)15(19)10-4-3-5-12(8-10)20-2/h3-9H,17H2,1-2H3. The molecular weight excluding hydrogens is 276 g/mol. The summed E-state index contributed by atoms with van der Waals surface area (Å²) in [5, 5.41) is 0.527. The van der Waals surface area contributed by atoms with Crippen molar-refractivity contribution in [2.45, 2.75) is 0 Å². The van der Waals surface area contributed by atoms with E-state index in [2.05, 4.69) is 0 Å². The van der Waals surface area contributed by atoms with Gasteiger partial charge in [0, 0.05) is 17.6 Å². The highest BCUT2D eigenvalue weighted by Gasteiger charge is 2.16. The minimum Gasteiger partial charge on any atom is -0.497 e. The van der Waals surface area contributed by atoms with Crippen molar-refractivity contribution in [3.63, 3.8) is 0 Å². The van der Waals surface area contributed by atoms with Gasteiger partial charge in [0.2, 0.25) is 0 Å². The van der Waals surface area contributed by atoms with Crippen molar-refractivity contribution in [2.24, 2.45) is 0 Å². The number of halogens is 1. The van der Waals surface area contributed by atoms with Crippen molar-refractivity contribution < 1.29 is 9.53 Å². The Morgan fingerprint density at radius 1 is 1.25 bits per heavy atom. The first kappa shape index (κ1) is 14.2. The summed E-state index contributed by atoms with van der Waals surface area (Å²) >= 11 is 5.95. The minimum absolute atomic E-state index is 0.183. The molecule has 1 amide bonds. The fourth-order valence-electron chi connectivity index (χ4n) is 1.87. The lowest BCUT2D eigenvalue weighted by Crippen LogP contribution is -2.27. The Balaban J connectivity index is 2.34. The Labute approximate surface area is 122 Å². The van der Waals surface area contributed by atoms with E-state index >= 15 is 0 Å². The predicted molar refractivity (Wildman–Crippen MR) is 81.6 cm³/mol. The first-order valence-electron chi connectivity index (χ1n) is 6.00. The average molecular weight is 291 g/mol. The second kappa shape index (κ2) is 5.84. The van der Waals surface area contributed by atoms with E-state index in [0.29, 0.717) is 27.7 Å². The number of carbonyl (C=O) groups excluding carboxylic acids is 1. The van der Waals surface area contributed by atoms with Crippen molar-refractivity contribution in [1.82, 2.24) is 0 Å². The third kappa shape index (κ3) is 2.86. The number of ether oxygens (including phenoxy) is 1. The highest BCUT2D eigenvalue weighted by atomic mass is 35.5. The maximum atomic E-state index is 12.4. The topological polar surface area (TPSA) is 55.6 Å². The lowest BCUT2D eigenvalue weighted by Gasteiger charge is -2.19. The number of hydrogen-bond donors (Lipinski definition) is 1. The zero-order chi connectivity index (χ0) is 14.7. The summed E-state index contributed by atoms with van der Waals surface area (Å²) in [6, 6.07) is 12.0. The third-order valence-corrected chi connectivity index (χ3v) is 3.21. The second-order valence-electron chi connectivity index (χ2n) is 4.30. The molecule has 2 aromatic rings. The van der Waals surface area contributed by atoms with Crippen LogP contribution in [-0.4, -0.2) is 20.1 Å². The first-order chi connectivity index (χ1) is 9.52. The van der Waals surface area contributed by atoms with Gasteiger partial charge in [-0.05, 0) is 36.4 Å². The maximum absolute atomic E-state index is 12.4. The van der Waals surface area contributed by atoms with Gasteiger partial charge in [-0.25, -0.2) is 0 Å². The van der Waals surface area contributed by atoms with E-state index in [9.17, 15) is 4.79 Å². The summed E-state index contributed by atoms with van der Waals surface area (Å²) in [5.74, 6) is 0.446. The zero-order valence-corrected chi connectivity index (χ0v) is 12.0. The van der Waals surface area contributed by atoms with Crippen LogP contribution in [0.3, 0.4) is 0 Å². The van der Waals surface area contributed by atoms with Crippen LogP contribution < -0.4 is 15.4 Å². The SMILES string of the molecule is COc1cccc(C(=O)N(C)c2cc(Cl)ccc2N)c1. The van der Waals surface area contributed by atoms with E-state index in [-0.39, 0.29) is 5.91 Å². The molecule has 2 rings (SSSR count).